The average molecular weight is 296 g/mol. The highest BCUT2D eigenvalue weighted by molar-refractivity contribution is 5.30. The van der Waals surface area contributed by atoms with Crippen molar-refractivity contribution in [2.75, 3.05) is 33.4 Å². The van der Waals surface area contributed by atoms with Gasteiger partial charge in [0.2, 0.25) is 0 Å². The molecule has 5 heteroatoms. The molecule has 1 saturated heterocycles. The van der Waals surface area contributed by atoms with E-state index in [2.05, 4.69) is 10.2 Å². The van der Waals surface area contributed by atoms with E-state index in [1.54, 1.807) is 12.1 Å². The Morgan fingerprint density at radius 3 is 3.05 bits per heavy atom. The molecule has 1 aliphatic heterocycles. The highest BCUT2D eigenvalue weighted by atomic mass is 19.1. The van der Waals surface area contributed by atoms with E-state index in [4.69, 9.17) is 4.74 Å². The number of aliphatic hydroxyl groups is 1. The lowest BCUT2D eigenvalue weighted by Crippen LogP contribution is -2.44. The number of piperidine rings is 1. The Balaban J connectivity index is 1.74. The molecule has 1 unspecified atom stereocenters. The Labute approximate surface area is 125 Å². The zero-order valence-electron chi connectivity index (χ0n) is 12.6. The number of hydrogen-bond acceptors (Lipinski definition) is 4. The largest absolute Gasteiger partial charge is 0.494 e. The highest BCUT2D eigenvalue weighted by Crippen LogP contribution is 2.18. The fraction of sp³-hybridized carbons (Fsp3) is 0.625. The van der Waals surface area contributed by atoms with Crippen molar-refractivity contribution in [2.45, 2.75) is 31.8 Å². The molecule has 1 aromatic carbocycles. The fourth-order valence-electron chi connectivity index (χ4n) is 2.83. The summed E-state index contributed by atoms with van der Waals surface area (Å²) in [6.07, 6.45) is 3.52. The SMILES string of the molecule is COc1cc(CNCCN2CCCCC2CO)ccc1F. The first-order valence-electron chi connectivity index (χ1n) is 7.62. The molecule has 0 aliphatic carbocycles. The normalized spacial score (nSPS) is 19.7. The lowest BCUT2D eigenvalue weighted by Gasteiger charge is -2.34. The van der Waals surface area contributed by atoms with Gasteiger partial charge in [-0.25, -0.2) is 4.39 Å². The summed E-state index contributed by atoms with van der Waals surface area (Å²) in [7, 11) is 1.47. The molecule has 2 rings (SSSR count). The van der Waals surface area contributed by atoms with Gasteiger partial charge in [-0.15, -0.1) is 0 Å². The molecule has 0 aromatic heterocycles. The molecule has 21 heavy (non-hydrogen) atoms. The van der Waals surface area contributed by atoms with Crippen LogP contribution in [0.3, 0.4) is 0 Å². The van der Waals surface area contributed by atoms with Crippen LogP contribution in [0, 0.1) is 5.82 Å². The number of ether oxygens (including phenoxy) is 1. The Morgan fingerprint density at radius 1 is 1.43 bits per heavy atom. The number of hydrogen-bond donors (Lipinski definition) is 2. The monoisotopic (exact) mass is 296 g/mol. The van der Waals surface area contributed by atoms with Gasteiger partial charge in [-0.1, -0.05) is 12.5 Å². The zero-order chi connectivity index (χ0) is 15.1. The summed E-state index contributed by atoms with van der Waals surface area (Å²) in [6, 6.07) is 5.23. The van der Waals surface area contributed by atoms with E-state index in [-0.39, 0.29) is 18.2 Å². The predicted octanol–water partition coefficient (Wildman–Crippen LogP) is 1.77. The fourth-order valence-corrected chi connectivity index (χ4v) is 2.83. The first-order valence-corrected chi connectivity index (χ1v) is 7.62. The van der Waals surface area contributed by atoms with Crippen molar-refractivity contribution in [1.29, 1.82) is 0 Å². The van der Waals surface area contributed by atoms with Crippen LogP contribution in [0.4, 0.5) is 4.39 Å². The predicted molar refractivity (Wildman–Crippen MR) is 81.0 cm³/mol. The van der Waals surface area contributed by atoms with Gasteiger partial charge < -0.3 is 15.2 Å². The van der Waals surface area contributed by atoms with Gasteiger partial charge in [0.05, 0.1) is 13.7 Å². The summed E-state index contributed by atoms with van der Waals surface area (Å²) in [5.74, 6) is -0.0500. The van der Waals surface area contributed by atoms with Crippen LogP contribution in [-0.2, 0) is 6.54 Å². The molecule has 1 aromatic rings. The minimum absolute atomic E-state index is 0.245. The number of aliphatic hydroxyl groups excluding tert-OH is 1. The third kappa shape index (κ3) is 4.66. The molecule has 118 valence electrons. The molecule has 1 atom stereocenters. The molecule has 4 nitrogen and oxygen atoms in total. The van der Waals surface area contributed by atoms with Crippen molar-refractivity contribution < 1.29 is 14.2 Å². The Hall–Kier alpha value is -1.17. The van der Waals surface area contributed by atoms with Crippen LogP contribution in [-0.4, -0.2) is 49.4 Å². The molecule has 0 bridgehead atoms. The van der Waals surface area contributed by atoms with Crippen molar-refractivity contribution >= 4 is 0 Å². The maximum atomic E-state index is 13.3. The number of methoxy groups -OCH3 is 1. The second kappa shape index (κ2) is 8.32. The van der Waals surface area contributed by atoms with Gasteiger partial charge in [-0.2, -0.15) is 0 Å². The van der Waals surface area contributed by atoms with Crippen molar-refractivity contribution in [3.8, 4) is 5.75 Å². The van der Waals surface area contributed by atoms with E-state index in [1.165, 1.54) is 26.0 Å². The molecule has 0 spiro atoms. The minimum atomic E-state index is -0.333. The summed E-state index contributed by atoms with van der Waals surface area (Å²) >= 11 is 0. The molecule has 0 saturated carbocycles. The van der Waals surface area contributed by atoms with Crippen molar-refractivity contribution in [1.82, 2.24) is 10.2 Å². The molecule has 1 fully saturated rings. The second-order valence-electron chi connectivity index (χ2n) is 5.51. The van der Waals surface area contributed by atoms with E-state index in [1.807, 2.05) is 0 Å². The Bertz CT molecular complexity index is 442. The number of halogens is 1. The van der Waals surface area contributed by atoms with Crippen molar-refractivity contribution in [2.24, 2.45) is 0 Å². The van der Waals surface area contributed by atoms with Gasteiger partial charge >= 0.3 is 0 Å². The minimum Gasteiger partial charge on any atom is -0.494 e. The van der Waals surface area contributed by atoms with Gasteiger partial charge in [0.15, 0.2) is 11.6 Å². The number of nitrogens with one attached hydrogen (secondary N) is 1. The second-order valence-corrected chi connectivity index (χ2v) is 5.51. The topological polar surface area (TPSA) is 44.7 Å². The molecular weight excluding hydrogens is 271 g/mol. The van der Waals surface area contributed by atoms with Crippen LogP contribution in [0.5, 0.6) is 5.75 Å². The van der Waals surface area contributed by atoms with Gasteiger partial charge in [0.25, 0.3) is 0 Å². The standard InChI is InChI=1S/C16H25FN2O2/c1-21-16-10-13(5-6-15(16)17)11-18-7-9-19-8-3-2-4-14(19)12-20/h5-6,10,14,18,20H,2-4,7-9,11-12H2,1H3. The maximum Gasteiger partial charge on any atom is 0.165 e. The lowest BCUT2D eigenvalue weighted by atomic mass is 10.0. The average Bonchev–Trinajstić information content (AvgIpc) is 2.53. The molecule has 0 amide bonds. The summed E-state index contributed by atoms with van der Waals surface area (Å²) in [4.78, 5) is 2.35. The van der Waals surface area contributed by atoms with Crippen LogP contribution < -0.4 is 10.1 Å². The van der Waals surface area contributed by atoms with Gasteiger partial charge in [0.1, 0.15) is 0 Å². The van der Waals surface area contributed by atoms with Gasteiger partial charge in [0, 0.05) is 25.7 Å². The highest BCUT2D eigenvalue weighted by Gasteiger charge is 2.20. The van der Waals surface area contributed by atoms with Crippen LogP contribution in [0.25, 0.3) is 0 Å². The van der Waals surface area contributed by atoms with E-state index in [0.717, 1.165) is 31.6 Å². The van der Waals surface area contributed by atoms with Crippen LogP contribution in [0.15, 0.2) is 18.2 Å². The third-order valence-electron chi connectivity index (χ3n) is 4.08. The molecule has 0 radical (unpaired) electrons. The maximum absolute atomic E-state index is 13.3. The third-order valence-corrected chi connectivity index (χ3v) is 4.08. The van der Waals surface area contributed by atoms with Gasteiger partial charge in [-0.3, -0.25) is 4.90 Å². The van der Waals surface area contributed by atoms with Crippen molar-refractivity contribution in [3.05, 3.63) is 29.6 Å². The lowest BCUT2D eigenvalue weighted by molar-refractivity contribution is 0.0910. The molecular formula is C16H25FN2O2. The number of benzene rings is 1. The number of rotatable bonds is 7. The van der Waals surface area contributed by atoms with Crippen LogP contribution >= 0.6 is 0 Å². The first-order chi connectivity index (χ1) is 10.2. The summed E-state index contributed by atoms with van der Waals surface area (Å²) in [5.41, 5.74) is 1.01. The molecule has 1 heterocycles. The number of likely N-dealkylation sites (tertiary alicyclic amines) is 1. The van der Waals surface area contributed by atoms with E-state index in [0.29, 0.717) is 12.6 Å². The summed E-state index contributed by atoms with van der Waals surface area (Å²) in [5, 5.41) is 12.7. The molecule has 2 N–H and O–H groups in total. The van der Waals surface area contributed by atoms with Gasteiger partial charge in [-0.05, 0) is 37.1 Å². The van der Waals surface area contributed by atoms with Crippen LogP contribution in [0.1, 0.15) is 24.8 Å². The van der Waals surface area contributed by atoms with Crippen molar-refractivity contribution in [3.63, 3.8) is 0 Å². The quantitative estimate of drug-likeness (QED) is 0.753. The zero-order valence-corrected chi connectivity index (χ0v) is 12.6. The first kappa shape index (κ1) is 16.2. The number of nitrogens with zero attached hydrogens (tertiary/aromatic N) is 1. The molecule has 1 aliphatic rings. The smallest absolute Gasteiger partial charge is 0.165 e. The summed E-state index contributed by atoms with van der Waals surface area (Å²) < 4.78 is 18.3. The Kier molecular flexibility index (Phi) is 6.42. The Morgan fingerprint density at radius 2 is 2.29 bits per heavy atom. The van der Waals surface area contributed by atoms with Crippen LogP contribution in [0.2, 0.25) is 0 Å². The van der Waals surface area contributed by atoms with E-state index >= 15 is 0 Å². The van der Waals surface area contributed by atoms with E-state index in [9.17, 15) is 9.50 Å². The summed E-state index contributed by atoms with van der Waals surface area (Å²) in [6.45, 7) is 3.79. The van der Waals surface area contributed by atoms with E-state index < -0.39 is 0 Å².